The molecular formula is C29H19ClN4O3S. The van der Waals surface area contributed by atoms with Gasteiger partial charge < -0.3 is 5.11 Å². The summed E-state index contributed by atoms with van der Waals surface area (Å²) in [5, 5.41) is 11.7. The fraction of sp³-hybridized carbons (Fsp3) is 0.0690. The van der Waals surface area contributed by atoms with Crippen LogP contribution in [0.25, 0.3) is 48.6 Å². The first-order valence-corrected chi connectivity index (χ1v) is 12.9. The summed E-state index contributed by atoms with van der Waals surface area (Å²) in [5.41, 5.74) is 5.00. The Morgan fingerprint density at radius 1 is 1.03 bits per heavy atom. The number of aliphatic carboxylic acids is 1. The third-order valence-electron chi connectivity index (χ3n) is 6.38. The topological polar surface area (TPSA) is 98.0 Å². The molecule has 0 aliphatic rings. The highest BCUT2D eigenvalue weighted by Gasteiger charge is 2.20. The molecular weight excluding hydrogens is 520 g/mol. The standard InChI is InChI=1S/C29H19ClN4O3S/c1-16-13-22-27(25(21(16)15-24(35)36)17-4-6-20(30)7-5-17)38-28(33-22)19-8-11-31-23(14-19)34-12-9-18-3-2-10-32-26(18)29(34)37/h2-14H,15H2,1H3,(H,35,36). The monoisotopic (exact) mass is 538 g/mol. The first kappa shape index (κ1) is 24.0. The van der Waals surface area contributed by atoms with Crippen LogP contribution in [0.2, 0.25) is 5.02 Å². The van der Waals surface area contributed by atoms with Gasteiger partial charge >= 0.3 is 5.97 Å². The number of rotatable bonds is 5. The largest absolute Gasteiger partial charge is 0.481 e. The van der Waals surface area contributed by atoms with Crippen LogP contribution in [-0.4, -0.2) is 30.6 Å². The molecule has 0 fully saturated rings. The Hall–Kier alpha value is -4.40. The van der Waals surface area contributed by atoms with Gasteiger partial charge in [-0.1, -0.05) is 29.8 Å². The number of hydrogen-bond acceptors (Lipinski definition) is 6. The van der Waals surface area contributed by atoms with Crippen molar-refractivity contribution in [2.24, 2.45) is 0 Å². The van der Waals surface area contributed by atoms with Crippen LogP contribution in [0.15, 0.2) is 84.0 Å². The van der Waals surface area contributed by atoms with Gasteiger partial charge in [0.1, 0.15) is 16.3 Å². The van der Waals surface area contributed by atoms with Crippen molar-refractivity contribution in [3.8, 4) is 27.5 Å². The Morgan fingerprint density at radius 2 is 1.84 bits per heavy atom. The SMILES string of the molecule is Cc1cc2nc(-c3ccnc(-n4ccc5cccnc5c4=O)c3)sc2c(-c2ccc(Cl)cc2)c1CC(=O)O. The molecule has 0 saturated heterocycles. The number of nitrogens with zero attached hydrogens (tertiary/aromatic N) is 4. The van der Waals surface area contributed by atoms with Crippen LogP contribution in [-0.2, 0) is 11.2 Å². The van der Waals surface area contributed by atoms with Gasteiger partial charge in [0.15, 0.2) is 0 Å². The zero-order valence-corrected chi connectivity index (χ0v) is 21.6. The van der Waals surface area contributed by atoms with Gasteiger partial charge in [0.05, 0.1) is 16.6 Å². The lowest BCUT2D eigenvalue weighted by atomic mass is 9.93. The Morgan fingerprint density at radius 3 is 2.63 bits per heavy atom. The van der Waals surface area contributed by atoms with Gasteiger partial charge in [-0.05, 0) is 66.1 Å². The van der Waals surface area contributed by atoms with Crippen molar-refractivity contribution >= 4 is 50.0 Å². The maximum Gasteiger partial charge on any atom is 0.307 e. The molecule has 4 heterocycles. The van der Waals surface area contributed by atoms with E-state index in [9.17, 15) is 14.7 Å². The van der Waals surface area contributed by atoms with Crippen LogP contribution >= 0.6 is 22.9 Å². The molecule has 7 nitrogen and oxygen atoms in total. The number of hydrogen-bond donors (Lipinski definition) is 1. The molecule has 0 amide bonds. The molecule has 0 aliphatic heterocycles. The normalized spacial score (nSPS) is 11.3. The average molecular weight is 539 g/mol. The number of benzene rings is 2. The van der Waals surface area contributed by atoms with Gasteiger partial charge in [0.25, 0.3) is 5.56 Å². The predicted octanol–water partition coefficient (Wildman–Crippen LogP) is 6.31. The maximum absolute atomic E-state index is 13.1. The van der Waals surface area contributed by atoms with E-state index in [0.29, 0.717) is 16.4 Å². The maximum atomic E-state index is 13.1. The number of aryl methyl sites for hydroxylation is 1. The Labute approximate surface area is 225 Å². The summed E-state index contributed by atoms with van der Waals surface area (Å²) < 4.78 is 2.36. The van der Waals surface area contributed by atoms with E-state index in [-0.39, 0.29) is 12.0 Å². The Kier molecular flexibility index (Phi) is 5.98. The highest BCUT2D eigenvalue weighted by molar-refractivity contribution is 7.22. The Bertz CT molecular complexity index is 1930. The van der Waals surface area contributed by atoms with Crippen LogP contribution in [0.5, 0.6) is 0 Å². The van der Waals surface area contributed by atoms with Gasteiger partial charge in [0.2, 0.25) is 0 Å². The number of carboxylic acid groups (broad SMARTS) is 1. The molecule has 0 radical (unpaired) electrons. The second-order valence-electron chi connectivity index (χ2n) is 8.83. The van der Waals surface area contributed by atoms with Crippen LogP contribution < -0.4 is 5.56 Å². The summed E-state index contributed by atoms with van der Waals surface area (Å²) in [6, 6.07) is 18.4. The fourth-order valence-electron chi connectivity index (χ4n) is 4.59. The highest BCUT2D eigenvalue weighted by atomic mass is 35.5. The first-order chi connectivity index (χ1) is 18.4. The summed E-state index contributed by atoms with van der Waals surface area (Å²) in [5.74, 6) is -0.443. The van der Waals surface area contributed by atoms with E-state index in [2.05, 4.69) is 9.97 Å². The van der Waals surface area contributed by atoms with Gasteiger partial charge in [-0.3, -0.25) is 19.1 Å². The molecule has 0 atom stereocenters. The second-order valence-corrected chi connectivity index (χ2v) is 10.3. The van der Waals surface area contributed by atoms with Gasteiger partial charge in [-0.15, -0.1) is 11.3 Å². The number of carbonyl (C=O) groups is 1. The molecule has 0 aliphatic carbocycles. The van der Waals surface area contributed by atoms with E-state index in [1.807, 2.05) is 49.4 Å². The lowest BCUT2D eigenvalue weighted by Gasteiger charge is -2.13. The Balaban J connectivity index is 1.52. The fourth-order valence-corrected chi connectivity index (χ4v) is 5.85. The van der Waals surface area contributed by atoms with Crippen molar-refractivity contribution in [3.05, 3.63) is 106 Å². The van der Waals surface area contributed by atoms with Crippen LogP contribution in [0.3, 0.4) is 0 Å². The summed E-state index contributed by atoms with van der Waals surface area (Å²) in [6.45, 7) is 1.90. The number of aromatic nitrogens is 4. The number of halogens is 1. The van der Waals surface area contributed by atoms with Crippen molar-refractivity contribution in [1.82, 2.24) is 19.5 Å². The van der Waals surface area contributed by atoms with Gasteiger partial charge in [-0.25, -0.2) is 9.97 Å². The van der Waals surface area contributed by atoms with E-state index in [1.165, 1.54) is 15.9 Å². The molecule has 9 heteroatoms. The van der Waals surface area contributed by atoms with Crippen LogP contribution in [0.4, 0.5) is 0 Å². The van der Waals surface area contributed by atoms with E-state index >= 15 is 0 Å². The minimum Gasteiger partial charge on any atom is -0.481 e. The third kappa shape index (κ3) is 4.23. The van der Waals surface area contributed by atoms with Crippen molar-refractivity contribution in [2.75, 3.05) is 0 Å². The van der Waals surface area contributed by atoms with E-state index in [0.717, 1.165) is 48.4 Å². The third-order valence-corrected chi connectivity index (χ3v) is 7.76. The minimum absolute atomic E-state index is 0.106. The van der Waals surface area contributed by atoms with E-state index in [4.69, 9.17) is 16.6 Å². The van der Waals surface area contributed by atoms with Gasteiger partial charge in [-0.2, -0.15) is 0 Å². The van der Waals surface area contributed by atoms with Crippen LogP contribution in [0, 0.1) is 6.92 Å². The molecule has 0 saturated carbocycles. The molecule has 0 bridgehead atoms. The number of fused-ring (bicyclic) bond motifs is 2. The summed E-state index contributed by atoms with van der Waals surface area (Å²) in [7, 11) is 0. The molecule has 2 aromatic carbocycles. The van der Waals surface area contributed by atoms with Crippen molar-refractivity contribution in [3.63, 3.8) is 0 Å². The molecule has 0 unspecified atom stereocenters. The lowest BCUT2D eigenvalue weighted by molar-refractivity contribution is -0.136. The number of carboxylic acids is 1. The first-order valence-electron chi connectivity index (χ1n) is 11.7. The molecule has 6 aromatic rings. The average Bonchev–Trinajstić information content (AvgIpc) is 3.33. The second kappa shape index (κ2) is 9.48. The molecule has 0 spiro atoms. The predicted molar refractivity (Wildman–Crippen MR) is 150 cm³/mol. The van der Waals surface area contributed by atoms with Gasteiger partial charge in [0, 0.05) is 40.1 Å². The highest BCUT2D eigenvalue weighted by Crippen LogP contribution is 2.41. The van der Waals surface area contributed by atoms with Crippen molar-refractivity contribution < 1.29 is 9.90 Å². The zero-order valence-electron chi connectivity index (χ0n) is 20.1. The zero-order chi connectivity index (χ0) is 26.4. The lowest BCUT2D eigenvalue weighted by Crippen LogP contribution is -2.19. The molecule has 4 aromatic heterocycles. The number of thiazole rings is 1. The minimum atomic E-state index is -0.901. The van der Waals surface area contributed by atoms with E-state index in [1.54, 1.807) is 36.8 Å². The molecule has 1 N–H and O–H groups in total. The summed E-state index contributed by atoms with van der Waals surface area (Å²) in [6.07, 6.45) is 4.83. The summed E-state index contributed by atoms with van der Waals surface area (Å²) >= 11 is 7.60. The molecule has 186 valence electrons. The molecule has 6 rings (SSSR count). The smallest absolute Gasteiger partial charge is 0.307 e. The van der Waals surface area contributed by atoms with Crippen LogP contribution in [0.1, 0.15) is 11.1 Å². The van der Waals surface area contributed by atoms with E-state index < -0.39 is 5.97 Å². The number of pyridine rings is 3. The molecule has 38 heavy (non-hydrogen) atoms. The van der Waals surface area contributed by atoms with Crippen molar-refractivity contribution in [2.45, 2.75) is 13.3 Å². The van der Waals surface area contributed by atoms with Crippen molar-refractivity contribution in [1.29, 1.82) is 0 Å². The quantitative estimate of drug-likeness (QED) is 0.276. The summed E-state index contributed by atoms with van der Waals surface area (Å²) in [4.78, 5) is 38.4.